The summed E-state index contributed by atoms with van der Waals surface area (Å²) < 4.78 is 29.4. The van der Waals surface area contributed by atoms with Gasteiger partial charge in [0.05, 0.1) is 20.6 Å². The second-order valence-electron chi connectivity index (χ2n) is 11.2. The fourth-order valence-electron chi connectivity index (χ4n) is 4.86. The standard InChI is InChI=1S/C35H35Cl4N3O4S/c1-4-24(3)40-35(44)33(19-25-9-6-5-7-10-25)41(21-28-29(36)11-8-12-30(28)37)34(43)22-42(26-15-18-31(38)32(39)20-26)47(45,46)27-16-13-23(2)14-17-27/h5-18,20,24,33H,4,19,21-22H2,1-3H3,(H,40,44)/t24-,33-/m1/s1. The summed E-state index contributed by atoms with van der Waals surface area (Å²) in [7, 11) is -4.31. The van der Waals surface area contributed by atoms with Crippen LogP contribution in [0.5, 0.6) is 0 Å². The molecule has 0 unspecified atom stereocenters. The zero-order valence-corrected chi connectivity index (χ0v) is 29.9. The third-order valence-corrected chi connectivity index (χ3v) is 11.0. The minimum atomic E-state index is -4.31. The summed E-state index contributed by atoms with van der Waals surface area (Å²) in [4.78, 5) is 29.9. The molecule has 4 aromatic carbocycles. The van der Waals surface area contributed by atoms with Crippen LogP contribution in [0.3, 0.4) is 0 Å². The van der Waals surface area contributed by atoms with Gasteiger partial charge in [0.15, 0.2) is 0 Å². The third kappa shape index (κ3) is 9.21. The van der Waals surface area contributed by atoms with E-state index in [4.69, 9.17) is 46.4 Å². The van der Waals surface area contributed by atoms with Crippen molar-refractivity contribution in [1.82, 2.24) is 10.2 Å². The lowest BCUT2D eigenvalue weighted by Crippen LogP contribution is -2.54. The van der Waals surface area contributed by atoms with E-state index in [1.54, 1.807) is 30.3 Å². The molecule has 0 spiro atoms. The average molecular weight is 736 g/mol. The van der Waals surface area contributed by atoms with Gasteiger partial charge in [-0.3, -0.25) is 13.9 Å². The zero-order valence-electron chi connectivity index (χ0n) is 26.1. The number of nitrogens with one attached hydrogen (secondary N) is 1. The van der Waals surface area contributed by atoms with E-state index in [0.29, 0.717) is 22.0 Å². The first-order valence-electron chi connectivity index (χ1n) is 14.9. The number of hydrogen-bond acceptors (Lipinski definition) is 4. The van der Waals surface area contributed by atoms with E-state index >= 15 is 0 Å². The number of halogens is 4. The van der Waals surface area contributed by atoms with Gasteiger partial charge < -0.3 is 10.2 Å². The molecule has 0 fully saturated rings. The van der Waals surface area contributed by atoms with Gasteiger partial charge in [0, 0.05) is 34.6 Å². The van der Waals surface area contributed by atoms with Crippen molar-refractivity contribution in [1.29, 1.82) is 0 Å². The SMILES string of the molecule is CC[C@@H](C)NC(=O)[C@@H](Cc1ccccc1)N(Cc1c(Cl)cccc1Cl)C(=O)CN(c1ccc(Cl)c(Cl)c1)S(=O)(=O)c1ccc(C)cc1. The molecule has 12 heteroatoms. The Morgan fingerprint density at radius 3 is 2.04 bits per heavy atom. The Morgan fingerprint density at radius 2 is 1.45 bits per heavy atom. The van der Waals surface area contributed by atoms with Crippen LogP contribution in [0.2, 0.25) is 20.1 Å². The van der Waals surface area contributed by atoms with Crippen LogP contribution in [0.4, 0.5) is 5.69 Å². The predicted molar refractivity (Wildman–Crippen MR) is 191 cm³/mol. The number of carbonyl (C=O) groups excluding carboxylic acids is 2. The molecule has 0 aliphatic carbocycles. The highest BCUT2D eigenvalue weighted by Gasteiger charge is 2.35. The lowest BCUT2D eigenvalue weighted by Gasteiger charge is -2.34. The molecule has 0 bridgehead atoms. The molecule has 0 aliphatic rings. The number of aryl methyl sites for hydroxylation is 1. The first kappa shape index (κ1) is 36.6. The molecule has 248 valence electrons. The average Bonchev–Trinajstić information content (AvgIpc) is 3.04. The maximum atomic E-state index is 14.6. The number of rotatable bonds is 13. The number of carbonyl (C=O) groups is 2. The van der Waals surface area contributed by atoms with E-state index in [-0.39, 0.29) is 39.6 Å². The van der Waals surface area contributed by atoms with Gasteiger partial charge in [-0.2, -0.15) is 0 Å². The molecule has 2 atom stereocenters. The molecule has 7 nitrogen and oxygen atoms in total. The summed E-state index contributed by atoms with van der Waals surface area (Å²) >= 11 is 25.6. The van der Waals surface area contributed by atoms with E-state index < -0.39 is 34.4 Å². The molecule has 4 rings (SSSR count). The van der Waals surface area contributed by atoms with Crippen molar-refractivity contribution >= 4 is 73.9 Å². The normalized spacial score (nSPS) is 12.7. The Kier molecular flexibility index (Phi) is 12.6. The molecule has 0 saturated heterocycles. The van der Waals surface area contributed by atoms with Crippen LogP contribution in [0.15, 0.2) is 95.9 Å². The van der Waals surface area contributed by atoms with Crippen molar-refractivity contribution in [3.63, 3.8) is 0 Å². The highest BCUT2D eigenvalue weighted by Crippen LogP contribution is 2.32. The van der Waals surface area contributed by atoms with Gasteiger partial charge in [0.25, 0.3) is 10.0 Å². The monoisotopic (exact) mass is 733 g/mol. The summed E-state index contributed by atoms with van der Waals surface area (Å²) in [6.45, 7) is 4.82. The molecule has 0 aliphatic heterocycles. The van der Waals surface area contributed by atoms with Gasteiger partial charge in [0.1, 0.15) is 12.6 Å². The zero-order chi connectivity index (χ0) is 34.3. The summed E-state index contributed by atoms with van der Waals surface area (Å²) in [5.41, 5.74) is 2.20. The fraction of sp³-hybridized carbons (Fsp3) is 0.257. The first-order valence-corrected chi connectivity index (χ1v) is 17.9. The highest BCUT2D eigenvalue weighted by molar-refractivity contribution is 7.92. The maximum Gasteiger partial charge on any atom is 0.264 e. The summed E-state index contributed by atoms with van der Waals surface area (Å²) in [5.74, 6) is -1.06. The second kappa shape index (κ2) is 16.2. The van der Waals surface area contributed by atoms with Crippen molar-refractivity contribution < 1.29 is 18.0 Å². The number of benzene rings is 4. The molecule has 2 amide bonds. The molecule has 4 aromatic rings. The van der Waals surface area contributed by atoms with Gasteiger partial charge in [0.2, 0.25) is 11.8 Å². The Labute approximate surface area is 296 Å². The Balaban J connectivity index is 1.86. The third-order valence-electron chi connectivity index (χ3n) is 7.74. The van der Waals surface area contributed by atoms with Gasteiger partial charge in [-0.15, -0.1) is 0 Å². The Morgan fingerprint density at radius 1 is 0.809 bits per heavy atom. The highest BCUT2D eigenvalue weighted by atomic mass is 35.5. The quantitative estimate of drug-likeness (QED) is 0.150. The molecule has 0 radical (unpaired) electrons. The summed E-state index contributed by atoms with van der Waals surface area (Å²) in [5, 5.41) is 3.91. The van der Waals surface area contributed by atoms with Crippen LogP contribution in [-0.2, 0) is 32.6 Å². The number of amides is 2. The molecule has 0 saturated carbocycles. The number of sulfonamides is 1. The van der Waals surface area contributed by atoms with Crippen molar-refractivity contribution in [2.75, 3.05) is 10.8 Å². The Bertz CT molecular complexity index is 1800. The van der Waals surface area contributed by atoms with Crippen molar-refractivity contribution in [2.45, 2.75) is 57.1 Å². The number of anilines is 1. The van der Waals surface area contributed by atoms with Crippen LogP contribution in [0.25, 0.3) is 0 Å². The van der Waals surface area contributed by atoms with Crippen molar-refractivity contribution in [3.05, 3.63) is 128 Å². The van der Waals surface area contributed by atoms with Gasteiger partial charge in [-0.25, -0.2) is 8.42 Å². The smallest absolute Gasteiger partial charge is 0.264 e. The van der Waals surface area contributed by atoms with Gasteiger partial charge in [-0.05, 0) is 68.3 Å². The van der Waals surface area contributed by atoms with Crippen LogP contribution >= 0.6 is 46.4 Å². The molecule has 1 N–H and O–H groups in total. The first-order chi connectivity index (χ1) is 22.3. The number of hydrogen-bond donors (Lipinski definition) is 1. The number of nitrogens with zero attached hydrogens (tertiary/aromatic N) is 2. The van der Waals surface area contributed by atoms with Gasteiger partial charge in [-0.1, -0.05) is 107 Å². The molecular weight excluding hydrogens is 700 g/mol. The van der Waals surface area contributed by atoms with E-state index in [0.717, 1.165) is 15.4 Å². The van der Waals surface area contributed by atoms with Crippen molar-refractivity contribution in [2.24, 2.45) is 0 Å². The Hall–Kier alpha value is -3.27. The lowest BCUT2D eigenvalue weighted by molar-refractivity contribution is -0.140. The minimum absolute atomic E-state index is 0.0296. The molecule has 0 aromatic heterocycles. The van der Waals surface area contributed by atoms with E-state index in [1.165, 1.54) is 35.2 Å². The van der Waals surface area contributed by atoms with Crippen LogP contribution in [-0.4, -0.2) is 43.8 Å². The van der Waals surface area contributed by atoms with Crippen LogP contribution in [0, 0.1) is 6.92 Å². The topological polar surface area (TPSA) is 86.8 Å². The molecule has 47 heavy (non-hydrogen) atoms. The van der Waals surface area contributed by atoms with E-state index in [9.17, 15) is 18.0 Å². The van der Waals surface area contributed by atoms with E-state index in [1.807, 2.05) is 51.1 Å². The fourth-order valence-corrected chi connectivity index (χ4v) is 7.07. The largest absolute Gasteiger partial charge is 0.352 e. The van der Waals surface area contributed by atoms with Crippen molar-refractivity contribution in [3.8, 4) is 0 Å². The summed E-state index contributed by atoms with van der Waals surface area (Å²) in [6, 6.07) is 23.6. The van der Waals surface area contributed by atoms with Crippen LogP contribution < -0.4 is 9.62 Å². The summed E-state index contributed by atoms with van der Waals surface area (Å²) in [6.07, 6.45) is 0.808. The van der Waals surface area contributed by atoms with Gasteiger partial charge >= 0.3 is 0 Å². The molecular formula is C35H35Cl4N3O4S. The van der Waals surface area contributed by atoms with E-state index in [2.05, 4.69) is 5.32 Å². The van der Waals surface area contributed by atoms with Crippen LogP contribution in [0.1, 0.15) is 37.0 Å². The maximum absolute atomic E-state index is 14.6. The minimum Gasteiger partial charge on any atom is -0.352 e. The second-order valence-corrected chi connectivity index (χ2v) is 14.7. The lowest BCUT2D eigenvalue weighted by atomic mass is 10.0. The predicted octanol–water partition coefficient (Wildman–Crippen LogP) is 8.36. The molecule has 0 heterocycles.